The van der Waals surface area contributed by atoms with Crippen molar-refractivity contribution in [3.05, 3.63) is 48.0 Å². The van der Waals surface area contributed by atoms with E-state index in [0.717, 1.165) is 41.0 Å². The van der Waals surface area contributed by atoms with Crippen LogP contribution in [0.2, 0.25) is 0 Å². The molecule has 10 heteroatoms. The molecule has 0 aromatic carbocycles. The fraction of sp³-hybridized carbons (Fsp3) is 0.389. The number of fused-ring (bicyclic) bond motifs is 1. The summed E-state index contributed by atoms with van der Waals surface area (Å²) >= 11 is 0. The van der Waals surface area contributed by atoms with Crippen molar-refractivity contribution in [1.29, 1.82) is 0 Å². The maximum atomic E-state index is 12.0. The van der Waals surface area contributed by atoms with Crippen molar-refractivity contribution in [2.24, 2.45) is 0 Å². The van der Waals surface area contributed by atoms with Crippen LogP contribution >= 0.6 is 0 Å². The van der Waals surface area contributed by atoms with E-state index in [1.54, 1.807) is 21.2 Å². The molecule has 0 aliphatic carbocycles. The van der Waals surface area contributed by atoms with Crippen LogP contribution in [0.5, 0.6) is 0 Å². The Morgan fingerprint density at radius 2 is 2.21 bits per heavy atom. The Bertz CT molecular complexity index is 1090. The molecule has 146 valence electrons. The van der Waals surface area contributed by atoms with E-state index in [1.165, 1.54) is 6.26 Å². The number of hydrogen-bond donors (Lipinski definition) is 1. The van der Waals surface area contributed by atoms with Crippen LogP contribution < -0.4 is 10.8 Å². The lowest BCUT2D eigenvalue weighted by molar-refractivity contribution is 0.314. The van der Waals surface area contributed by atoms with E-state index in [-0.39, 0.29) is 5.92 Å². The molecule has 0 amide bonds. The number of nitrogens with one attached hydrogen (secondary N) is 1. The SMILES string of the molecule is Bc1cnn2c(NCc3cccnc3)cc(C3CCCN(S(C)(=O)=O)C3)nc12. The zero-order valence-corrected chi connectivity index (χ0v) is 16.9. The summed E-state index contributed by atoms with van der Waals surface area (Å²) in [6.07, 6.45) is 8.40. The van der Waals surface area contributed by atoms with E-state index in [2.05, 4.69) is 15.4 Å². The van der Waals surface area contributed by atoms with Gasteiger partial charge in [0.15, 0.2) is 5.65 Å². The van der Waals surface area contributed by atoms with Crippen molar-refractivity contribution in [3.8, 4) is 0 Å². The molecule has 1 saturated heterocycles. The zero-order valence-electron chi connectivity index (χ0n) is 16.0. The van der Waals surface area contributed by atoms with E-state index >= 15 is 0 Å². The van der Waals surface area contributed by atoms with Gasteiger partial charge in [-0.1, -0.05) is 6.07 Å². The first kappa shape index (κ1) is 18.9. The van der Waals surface area contributed by atoms with Gasteiger partial charge < -0.3 is 5.32 Å². The van der Waals surface area contributed by atoms with Gasteiger partial charge in [0.2, 0.25) is 10.0 Å². The lowest BCUT2D eigenvalue weighted by atomic mass is 9.95. The summed E-state index contributed by atoms with van der Waals surface area (Å²) in [5.41, 5.74) is 3.75. The van der Waals surface area contributed by atoms with Gasteiger partial charge in [-0.3, -0.25) is 4.98 Å². The van der Waals surface area contributed by atoms with Gasteiger partial charge in [0.1, 0.15) is 13.7 Å². The van der Waals surface area contributed by atoms with Crippen LogP contribution in [0.25, 0.3) is 5.65 Å². The fourth-order valence-corrected chi connectivity index (χ4v) is 4.52. The molecule has 0 bridgehead atoms. The number of sulfonamides is 1. The molecular weight excluding hydrogens is 375 g/mol. The Labute approximate surface area is 165 Å². The first-order valence-corrected chi connectivity index (χ1v) is 11.2. The number of piperidine rings is 1. The highest BCUT2D eigenvalue weighted by Gasteiger charge is 2.28. The molecule has 1 fully saturated rings. The summed E-state index contributed by atoms with van der Waals surface area (Å²) < 4.78 is 27.3. The standard InChI is InChI=1S/C18H23BN6O2S/c1-28(26,27)24-7-3-5-14(12-24)16-8-17(21-10-13-4-2-6-20-9-13)25-18(23-16)15(19)11-22-25/h2,4,6,8-9,11,14,21H,3,5,7,10,12,19H2,1H3. The van der Waals surface area contributed by atoms with Crippen LogP contribution in [0.1, 0.15) is 30.0 Å². The largest absolute Gasteiger partial charge is 0.366 e. The molecule has 3 aromatic heterocycles. The highest BCUT2D eigenvalue weighted by atomic mass is 32.2. The van der Waals surface area contributed by atoms with Gasteiger partial charge in [0, 0.05) is 50.2 Å². The Morgan fingerprint density at radius 3 is 2.96 bits per heavy atom. The third-order valence-corrected chi connectivity index (χ3v) is 6.41. The molecule has 3 aromatic rings. The normalized spacial score (nSPS) is 18.4. The number of aromatic nitrogens is 4. The summed E-state index contributed by atoms with van der Waals surface area (Å²) in [5.74, 6) is 0.912. The first-order valence-electron chi connectivity index (χ1n) is 9.35. The number of rotatable bonds is 5. The maximum absolute atomic E-state index is 12.0. The van der Waals surface area contributed by atoms with Crippen LogP contribution in [0.4, 0.5) is 5.82 Å². The van der Waals surface area contributed by atoms with Crippen LogP contribution in [-0.2, 0) is 16.6 Å². The van der Waals surface area contributed by atoms with Crippen LogP contribution in [0, 0.1) is 0 Å². The monoisotopic (exact) mass is 398 g/mol. The molecule has 1 aliphatic heterocycles. The predicted molar refractivity (Wildman–Crippen MR) is 111 cm³/mol. The van der Waals surface area contributed by atoms with Gasteiger partial charge in [0.25, 0.3) is 0 Å². The van der Waals surface area contributed by atoms with Gasteiger partial charge in [-0.25, -0.2) is 17.7 Å². The average molecular weight is 398 g/mol. The number of pyridine rings is 1. The Kier molecular flexibility index (Phi) is 5.07. The molecule has 0 saturated carbocycles. The van der Waals surface area contributed by atoms with Crippen LogP contribution in [0.15, 0.2) is 36.8 Å². The van der Waals surface area contributed by atoms with Gasteiger partial charge in [-0.15, -0.1) is 0 Å². The third-order valence-electron chi connectivity index (χ3n) is 5.14. The number of nitrogens with zero attached hydrogens (tertiary/aromatic N) is 5. The predicted octanol–water partition coefficient (Wildman–Crippen LogP) is 0.134. The quantitative estimate of drug-likeness (QED) is 0.615. The molecule has 1 atom stereocenters. The molecular formula is C18H23BN6O2S. The summed E-state index contributed by atoms with van der Waals surface area (Å²) in [4.78, 5) is 8.97. The van der Waals surface area contributed by atoms with E-state index in [1.807, 2.05) is 32.2 Å². The topological polar surface area (TPSA) is 92.5 Å². The molecule has 0 spiro atoms. The average Bonchev–Trinajstić information content (AvgIpc) is 3.07. The minimum atomic E-state index is -3.20. The smallest absolute Gasteiger partial charge is 0.211 e. The van der Waals surface area contributed by atoms with Crippen LogP contribution in [-0.4, -0.2) is 59.5 Å². The van der Waals surface area contributed by atoms with Crippen molar-refractivity contribution in [2.75, 3.05) is 24.7 Å². The highest BCUT2D eigenvalue weighted by Crippen LogP contribution is 2.28. The zero-order chi connectivity index (χ0) is 19.7. The van der Waals surface area contributed by atoms with Gasteiger partial charge in [-0.05, 0) is 29.9 Å². The van der Waals surface area contributed by atoms with Crippen molar-refractivity contribution in [3.63, 3.8) is 0 Å². The fourth-order valence-electron chi connectivity index (χ4n) is 3.61. The van der Waals surface area contributed by atoms with Gasteiger partial charge in [-0.2, -0.15) is 9.61 Å². The second kappa shape index (κ2) is 7.52. The van der Waals surface area contributed by atoms with Gasteiger partial charge >= 0.3 is 0 Å². The molecule has 4 rings (SSSR count). The molecule has 8 nitrogen and oxygen atoms in total. The molecule has 0 radical (unpaired) electrons. The Hall–Kier alpha value is -2.46. The minimum Gasteiger partial charge on any atom is -0.366 e. The van der Waals surface area contributed by atoms with E-state index < -0.39 is 10.0 Å². The molecule has 1 N–H and O–H groups in total. The van der Waals surface area contributed by atoms with Gasteiger partial charge in [0.05, 0.1) is 11.9 Å². The van der Waals surface area contributed by atoms with E-state index in [4.69, 9.17) is 4.98 Å². The first-order chi connectivity index (χ1) is 13.4. The minimum absolute atomic E-state index is 0.0710. The number of hydrogen-bond acceptors (Lipinski definition) is 6. The van der Waals surface area contributed by atoms with Crippen molar-refractivity contribution in [2.45, 2.75) is 25.3 Å². The van der Waals surface area contributed by atoms with Crippen molar-refractivity contribution in [1.82, 2.24) is 23.9 Å². The molecule has 1 unspecified atom stereocenters. The summed E-state index contributed by atoms with van der Waals surface area (Å²) in [6, 6.07) is 5.91. The molecule has 28 heavy (non-hydrogen) atoms. The number of anilines is 1. The van der Waals surface area contributed by atoms with E-state index in [0.29, 0.717) is 19.6 Å². The lowest BCUT2D eigenvalue weighted by Gasteiger charge is -2.30. The molecule has 1 aliphatic rings. The maximum Gasteiger partial charge on any atom is 0.211 e. The second-order valence-corrected chi connectivity index (χ2v) is 9.29. The van der Waals surface area contributed by atoms with Crippen LogP contribution in [0.3, 0.4) is 0 Å². The van der Waals surface area contributed by atoms with E-state index in [9.17, 15) is 8.42 Å². The summed E-state index contributed by atoms with van der Waals surface area (Å²) in [5, 5.41) is 7.87. The molecule has 4 heterocycles. The summed E-state index contributed by atoms with van der Waals surface area (Å²) in [6.45, 7) is 1.66. The summed E-state index contributed by atoms with van der Waals surface area (Å²) in [7, 11) is -1.22. The Morgan fingerprint density at radius 1 is 1.36 bits per heavy atom. The lowest BCUT2D eigenvalue weighted by Crippen LogP contribution is -2.38. The Balaban J connectivity index is 1.66. The third kappa shape index (κ3) is 3.88. The second-order valence-electron chi connectivity index (χ2n) is 7.30. The highest BCUT2D eigenvalue weighted by molar-refractivity contribution is 7.88. The van der Waals surface area contributed by atoms with Crippen molar-refractivity contribution >= 4 is 34.8 Å². The van der Waals surface area contributed by atoms with Crippen molar-refractivity contribution < 1.29 is 8.42 Å².